The van der Waals surface area contributed by atoms with Gasteiger partial charge in [-0.2, -0.15) is 4.31 Å². The van der Waals surface area contributed by atoms with E-state index in [0.29, 0.717) is 25.2 Å². The zero-order chi connectivity index (χ0) is 20.9. The van der Waals surface area contributed by atoms with Crippen LogP contribution in [0.4, 0.5) is 5.69 Å². The van der Waals surface area contributed by atoms with Crippen LogP contribution in [0.1, 0.15) is 44.1 Å². The van der Waals surface area contributed by atoms with Gasteiger partial charge in [-0.3, -0.25) is 4.79 Å². The first kappa shape index (κ1) is 21.3. The van der Waals surface area contributed by atoms with Gasteiger partial charge in [0.25, 0.3) is 0 Å². The van der Waals surface area contributed by atoms with Crippen molar-refractivity contribution in [1.29, 1.82) is 0 Å². The Kier molecular flexibility index (Phi) is 6.92. The van der Waals surface area contributed by atoms with Gasteiger partial charge in [0.05, 0.1) is 13.0 Å². The van der Waals surface area contributed by atoms with Crippen molar-refractivity contribution in [3.8, 4) is 5.75 Å². The first-order valence-corrected chi connectivity index (χ1v) is 11.5. The summed E-state index contributed by atoms with van der Waals surface area (Å²) in [4.78, 5) is 12.9. The van der Waals surface area contributed by atoms with Crippen LogP contribution in [0.15, 0.2) is 53.4 Å². The molecule has 6 nitrogen and oxygen atoms in total. The summed E-state index contributed by atoms with van der Waals surface area (Å²) in [5.74, 6) is -0.186. The summed E-state index contributed by atoms with van der Waals surface area (Å²) in [6.45, 7) is 2.97. The zero-order valence-electron chi connectivity index (χ0n) is 16.9. The number of ether oxygens (including phenoxy) is 1. The Balaban J connectivity index is 1.87. The minimum Gasteiger partial charge on any atom is -0.495 e. The lowest BCUT2D eigenvalue weighted by Crippen LogP contribution is -2.35. The molecule has 0 radical (unpaired) electrons. The fourth-order valence-corrected chi connectivity index (χ4v) is 5.39. The molecule has 1 atom stereocenters. The lowest BCUT2D eigenvalue weighted by atomic mass is 9.95. The van der Waals surface area contributed by atoms with E-state index >= 15 is 0 Å². The second-order valence-electron chi connectivity index (χ2n) is 7.19. The summed E-state index contributed by atoms with van der Waals surface area (Å²) in [6.07, 6.45) is 3.39. The third-order valence-corrected chi connectivity index (χ3v) is 7.21. The Morgan fingerprint density at radius 1 is 1.10 bits per heavy atom. The number of benzene rings is 2. The number of methoxy groups -OCH3 is 1. The molecular weight excluding hydrogens is 388 g/mol. The number of hydrogen-bond donors (Lipinski definition) is 1. The Hall–Kier alpha value is -2.38. The Labute approximate surface area is 172 Å². The standard InChI is InChI=1S/C22H28N2O4S/c1-3-19(17-10-6-4-7-11-17)22(25)23-18-12-13-20(28-2)21(16-18)29(26,27)24-14-8-5-9-15-24/h4,6-7,10-13,16,19H,3,5,8-9,14-15H2,1-2H3,(H,23,25)/t19-/m0/s1. The topological polar surface area (TPSA) is 75.7 Å². The maximum Gasteiger partial charge on any atom is 0.246 e. The van der Waals surface area contributed by atoms with Crippen LogP contribution >= 0.6 is 0 Å². The van der Waals surface area contributed by atoms with Gasteiger partial charge in [0.15, 0.2) is 0 Å². The molecule has 156 valence electrons. The summed E-state index contributed by atoms with van der Waals surface area (Å²) >= 11 is 0. The predicted octanol–water partition coefficient (Wildman–Crippen LogP) is 4.00. The van der Waals surface area contributed by atoms with Crippen LogP contribution in [0, 0.1) is 0 Å². The molecule has 1 aliphatic rings. The van der Waals surface area contributed by atoms with E-state index < -0.39 is 10.0 Å². The molecule has 3 rings (SSSR count). The number of anilines is 1. The van der Waals surface area contributed by atoms with Crippen LogP contribution < -0.4 is 10.1 Å². The van der Waals surface area contributed by atoms with E-state index in [4.69, 9.17) is 4.74 Å². The molecule has 1 heterocycles. The highest BCUT2D eigenvalue weighted by molar-refractivity contribution is 7.89. The van der Waals surface area contributed by atoms with Crippen molar-refractivity contribution < 1.29 is 17.9 Å². The highest BCUT2D eigenvalue weighted by atomic mass is 32.2. The van der Waals surface area contributed by atoms with Crippen molar-refractivity contribution in [3.05, 3.63) is 54.1 Å². The Morgan fingerprint density at radius 2 is 1.79 bits per heavy atom. The molecule has 7 heteroatoms. The van der Waals surface area contributed by atoms with E-state index in [1.165, 1.54) is 17.5 Å². The monoisotopic (exact) mass is 416 g/mol. The van der Waals surface area contributed by atoms with Crippen molar-refractivity contribution in [2.45, 2.75) is 43.4 Å². The van der Waals surface area contributed by atoms with Crippen LogP contribution in [0.2, 0.25) is 0 Å². The fraction of sp³-hybridized carbons (Fsp3) is 0.409. The van der Waals surface area contributed by atoms with Gasteiger partial charge in [0.1, 0.15) is 10.6 Å². The van der Waals surface area contributed by atoms with E-state index in [2.05, 4.69) is 5.32 Å². The Morgan fingerprint density at radius 3 is 2.41 bits per heavy atom. The maximum absolute atomic E-state index is 13.1. The number of amides is 1. The van der Waals surface area contributed by atoms with Gasteiger partial charge in [-0.05, 0) is 43.0 Å². The van der Waals surface area contributed by atoms with E-state index in [0.717, 1.165) is 24.8 Å². The SMILES string of the molecule is CC[C@H](C(=O)Nc1ccc(OC)c(S(=O)(=O)N2CCCCC2)c1)c1ccccc1. The number of piperidine rings is 1. The van der Waals surface area contributed by atoms with Crippen LogP contribution in [-0.4, -0.2) is 38.8 Å². The molecule has 0 aliphatic carbocycles. The third-order valence-electron chi connectivity index (χ3n) is 5.29. The molecule has 0 unspecified atom stereocenters. The van der Waals surface area contributed by atoms with Gasteiger partial charge in [-0.25, -0.2) is 8.42 Å². The minimum atomic E-state index is -3.68. The van der Waals surface area contributed by atoms with Crippen LogP contribution in [-0.2, 0) is 14.8 Å². The minimum absolute atomic E-state index is 0.0902. The van der Waals surface area contributed by atoms with Crippen LogP contribution in [0.25, 0.3) is 0 Å². The van der Waals surface area contributed by atoms with Gasteiger partial charge in [-0.15, -0.1) is 0 Å². The first-order valence-electron chi connectivity index (χ1n) is 10.0. The van der Waals surface area contributed by atoms with Gasteiger partial charge in [0, 0.05) is 18.8 Å². The zero-order valence-corrected chi connectivity index (χ0v) is 17.7. The normalized spacial score (nSPS) is 16.2. The molecule has 0 bridgehead atoms. The average Bonchev–Trinajstić information content (AvgIpc) is 2.75. The van der Waals surface area contributed by atoms with Crippen LogP contribution in [0.3, 0.4) is 0 Å². The predicted molar refractivity (Wildman–Crippen MR) is 114 cm³/mol. The summed E-state index contributed by atoms with van der Waals surface area (Å²) in [6, 6.07) is 14.3. The largest absolute Gasteiger partial charge is 0.495 e. The summed E-state index contributed by atoms with van der Waals surface area (Å²) in [7, 11) is -2.23. The lowest BCUT2D eigenvalue weighted by Gasteiger charge is -2.26. The van der Waals surface area contributed by atoms with Gasteiger partial charge in [-0.1, -0.05) is 43.7 Å². The number of hydrogen-bond acceptors (Lipinski definition) is 4. The highest BCUT2D eigenvalue weighted by Gasteiger charge is 2.29. The molecule has 2 aromatic rings. The van der Waals surface area contributed by atoms with E-state index in [1.807, 2.05) is 37.3 Å². The summed E-state index contributed by atoms with van der Waals surface area (Å²) in [5.41, 5.74) is 1.38. The molecule has 2 aromatic carbocycles. The molecule has 1 N–H and O–H groups in total. The first-order chi connectivity index (χ1) is 14.0. The highest BCUT2D eigenvalue weighted by Crippen LogP contribution is 2.32. The van der Waals surface area contributed by atoms with Gasteiger partial charge < -0.3 is 10.1 Å². The van der Waals surface area contributed by atoms with Gasteiger partial charge in [0.2, 0.25) is 15.9 Å². The smallest absolute Gasteiger partial charge is 0.246 e. The quantitative estimate of drug-likeness (QED) is 0.740. The number of nitrogens with zero attached hydrogens (tertiary/aromatic N) is 1. The van der Waals surface area contributed by atoms with E-state index in [9.17, 15) is 13.2 Å². The second-order valence-corrected chi connectivity index (χ2v) is 9.10. The maximum atomic E-state index is 13.1. The number of carbonyl (C=O) groups is 1. The van der Waals surface area contributed by atoms with Crippen LogP contribution in [0.5, 0.6) is 5.75 Å². The Bertz CT molecular complexity index is 939. The molecule has 1 fully saturated rings. The molecular formula is C22H28N2O4S. The lowest BCUT2D eigenvalue weighted by molar-refractivity contribution is -0.117. The van der Waals surface area contributed by atoms with Crippen molar-refractivity contribution in [2.24, 2.45) is 0 Å². The number of nitrogens with one attached hydrogen (secondary N) is 1. The second kappa shape index (κ2) is 9.41. The molecule has 29 heavy (non-hydrogen) atoms. The third kappa shape index (κ3) is 4.79. The summed E-state index contributed by atoms with van der Waals surface area (Å²) in [5, 5.41) is 2.88. The van der Waals surface area contributed by atoms with Gasteiger partial charge >= 0.3 is 0 Å². The molecule has 0 spiro atoms. The van der Waals surface area contributed by atoms with E-state index in [1.54, 1.807) is 12.1 Å². The molecule has 1 aliphatic heterocycles. The summed E-state index contributed by atoms with van der Waals surface area (Å²) < 4.78 is 33.1. The molecule has 1 amide bonds. The number of rotatable bonds is 7. The van der Waals surface area contributed by atoms with Crippen molar-refractivity contribution >= 4 is 21.6 Å². The van der Waals surface area contributed by atoms with Crippen molar-refractivity contribution in [3.63, 3.8) is 0 Å². The number of sulfonamides is 1. The van der Waals surface area contributed by atoms with Crippen molar-refractivity contribution in [2.75, 3.05) is 25.5 Å². The average molecular weight is 417 g/mol. The van der Waals surface area contributed by atoms with E-state index in [-0.39, 0.29) is 22.5 Å². The molecule has 0 saturated carbocycles. The molecule has 1 saturated heterocycles. The van der Waals surface area contributed by atoms with Crippen molar-refractivity contribution in [1.82, 2.24) is 4.31 Å². The number of carbonyl (C=O) groups excluding carboxylic acids is 1. The molecule has 0 aromatic heterocycles. The fourth-order valence-electron chi connectivity index (χ4n) is 3.69.